The predicted molar refractivity (Wildman–Crippen MR) is 76.6 cm³/mol. The first-order valence-electron chi connectivity index (χ1n) is 6.04. The molecule has 0 saturated heterocycles. The van der Waals surface area contributed by atoms with Gasteiger partial charge in [-0.05, 0) is 30.7 Å². The van der Waals surface area contributed by atoms with E-state index in [1.807, 2.05) is 31.2 Å². The van der Waals surface area contributed by atoms with E-state index in [1.165, 1.54) is 17.7 Å². The first-order valence-corrected chi connectivity index (χ1v) is 6.42. The summed E-state index contributed by atoms with van der Waals surface area (Å²) in [5.41, 5.74) is 2.27. The lowest BCUT2D eigenvalue weighted by Gasteiger charge is -2.10. The maximum absolute atomic E-state index is 13.0. The van der Waals surface area contributed by atoms with Crippen LogP contribution in [0.4, 0.5) is 10.1 Å². The summed E-state index contributed by atoms with van der Waals surface area (Å²) < 4.78 is 18.4. The van der Waals surface area contributed by atoms with Gasteiger partial charge in [0.1, 0.15) is 18.2 Å². The second-order valence-corrected chi connectivity index (χ2v) is 4.57. The van der Waals surface area contributed by atoms with E-state index in [2.05, 4.69) is 5.32 Å². The fraction of sp³-hybridized carbons (Fsp3) is 0.200. The summed E-state index contributed by atoms with van der Waals surface area (Å²) in [6.07, 6.45) is 0. The van der Waals surface area contributed by atoms with Crippen LogP contribution in [-0.2, 0) is 0 Å². The molecule has 0 saturated carbocycles. The molecule has 2 aromatic rings. The smallest absolute Gasteiger partial charge is 0.142 e. The third kappa shape index (κ3) is 3.86. The molecule has 2 rings (SSSR count). The van der Waals surface area contributed by atoms with E-state index in [1.54, 1.807) is 6.07 Å². The van der Waals surface area contributed by atoms with Crippen molar-refractivity contribution in [3.63, 3.8) is 0 Å². The molecule has 0 heterocycles. The van der Waals surface area contributed by atoms with Gasteiger partial charge in [-0.3, -0.25) is 0 Å². The molecule has 100 valence electrons. The standard InChI is InChI=1S/C15H15ClFNO/c1-11-4-2-3-5-15(11)18-8-9-19-12-6-7-14(17)13(16)10-12/h2-7,10,18H,8-9H2,1H3. The second-order valence-electron chi connectivity index (χ2n) is 4.17. The minimum absolute atomic E-state index is 0.0735. The van der Waals surface area contributed by atoms with Crippen LogP contribution in [0.2, 0.25) is 5.02 Å². The highest BCUT2D eigenvalue weighted by atomic mass is 35.5. The molecule has 0 aromatic heterocycles. The van der Waals surface area contributed by atoms with Gasteiger partial charge in [-0.15, -0.1) is 0 Å². The molecule has 0 bridgehead atoms. The zero-order chi connectivity index (χ0) is 13.7. The Kier molecular flexibility index (Phi) is 4.63. The monoisotopic (exact) mass is 279 g/mol. The van der Waals surface area contributed by atoms with Crippen LogP contribution in [0.5, 0.6) is 5.75 Å². The molecule has 0 radical (unpaired) electrons. The van der Waals surface area contributed by atoms with Crippen LogP contribution in [-0.4, -0.2) is 13.2 Å². The van der Waals surface area contributed by atoms with Crippen molar-refractivity contribution in [1.29, 1.82) is 0 Å². The van der Waals surface area contributed by atoms with Crippen LogP contribution in [0, 0.1) is 12.7 Å². The van der Waals surface area contributed by atoms with E-state index >= 15 is 0 Å². The Labute approximate surface area is 117 Å². The number of aryl methyl sites for hydroxylation is 1. The van der Waals surface area contributed by atoms with Crippen molar-refractivity contribution in [1.82, 2.24) is 0 Å². The SMILES string of the molecule is Cc1ccccc1NCCOc1ccc(F)c(Cl)c1. The number of anilines is 1. The van der Waals surface area contributed by atoms with Gasteiger partial charge in [0.2, 0.25) is 0 Å². The maximum Gasteiger partial charge on any atom is 0.142 e. The summed E-state index contributed by atoms with van der Waals surface area (Å²) in [5, 5.41) is 3.35. The Morgan fingerprint density at radius 2 is 2.00 bits per heavy atom. The van der Waals surface area contributed by atoms with Crippen molar-refractivity contribution in [2.45, 2.75) is 6.92 Å². The van der Waals surface area contributed by atoms with E-state index in [4.69, 9.17) is 16.3 Å². The number of nitrogens with one attached hydrogen (secondary N) is 1. The maximum atomic E-state index is 13.0. The molecule has 0 unspecified atom stereocenters. The molecule has 2 aromatic carbocycles. The molecular formula is C15H15ClFNO. The molecule has 0 fully saturated rings. The van der Waals surface area contributed by atoms with Gasteiger partial charge in [-0.25, -0.2) is 4.39 Å². The molecule has 0 aliphatic heterocycles. The minimum atomic E-state index is -0.438. The summed E-state index contributed by atoms with van der Waals surface area (Å²) in [4.78, 5) is 0. The number of halogens is 2. The molecule has 0 aliphatic carbocycles. The third-order valence-corrected chi connectivity index (χ3v) is 3.01. The van der Waals surface area contributed by atoms with Gasteiger partial charge in [-0.1, -0.05) is 29.8 Å². The Morgan fingerprint density at radius 3 is 2.74 bits per heavy atom. The average molecular weight is 280 g/mol. The highest BCUT2D eigenvalue weighted by molar-refractivity contribution is 6.30. The summed E-state index contributed by atoms with van der Waals surface area (Å²) in [6.45, 7) is 3.19. The van der Waals surface area contributed by atoms with E-state index < -0.39 is 5.82 Å². The fourth-order valence-electron chi connectivity index (χ4n) is 1.69. The van der Waals surface area contributed by atoms with Crippen molar-refractivity contribution in [3.8, 4) is 5.75 Å². The van der Waals surface area contributed by atoms with Crippen molar-refractivity contribution in [2.24, 2.45) is 0 Å². The lowest BCUT2D eigenvalue weighted by Crippen LogP contribution is -2.12. The number of para-hydroxylation sites is 1. The zero-order valence-corrected chi connectivity index (χ0v) is 11.4. The van der Waals surface area contributed by atoms with E-state index in [-0.39, 0.29) is 5.02 Å². The summed E-state index contributed by atoms with van der Waals surface area (Å²) in [6, 6.07) is 12.4. The van der Waals surface area contributed by atoms with E-state index in [0.717, 1.165) is 5.69 Å². The van der Waals surface area contributed by atoms with Crippen molar-refractivity contribution in [3.05, 3.63) is 58.9 Å². The lowest BCUT2D eigenvalue weighted by molar-refractivity contribution is 0.332. The minimum Gasteiger partial charge on any atom is -0.492 e. The van der Waals surface area contributed by atoms with Gasteiger partial charge in [0.05, 0.1) is 5.02 Å². The van der Waals surface area contributed by atoms with Crippen LogP contribution in [0.3, 0.4) is 0 Å². The summed E-state index contributed by atoms with van der Waals surface area (Å²) in [7, 11) is 0. The Bertz CT molecular complexity index is 560. The lowest BCUT2D eigenvalue weighted by atomic mass is 10.2. The number of rotatable bonds is 5. The summed E-state index contributed by atoms with van der Waals surface area (Å²) >= 11 is 5.67. The van der Waals surface area contributed by atoms with Crippen LogP contribution >= 0.6 is 11.6 Å². The summed E-state index contributed by atoms with van der Waals surface area (Å²) in [5.74, 6) is 0.130. The number of benzene rings is 2. The van der Waals surface area contributed by atoms with E-state index in [0.29, 0.717) is 18.9 Å². The van der Waals surface area contributed by atoms with Crippen LogP contribution in [0.1, 0.15) is 5.56 Å². The zero-order valence-electron chi connectivity index (χ0n) is 10.6. The molecule has 0 aliphatic rings. The predicted octanol–water partition coefficient (Wildman–Crippen LogP) is 4.28. The number of ether oxygens (including phenoxy) is 1. The molecule has 1 N–H and O–H groups in total. The van der Waals surface area contributed by atoms with E-state index in [9.17, 15) is 4.39 Å². The normalized spacial score (nSPS) is 10.3. The number of hydrogen-bond donors (Lipinski definition) is 1. The fourth-order valence-corrected chi connectivity index (χ4v) is 1.86. The Balaban J connectivity index is 1.81. The van der Waals surface area contributed by atoms with Gasteiger partial charge in [0, 0.05) is 18.3 Å². The van der Waals surface area contributed by atoms with Crippen molar-refractivity contribution >= 4 is 17.3 Å². The average Bonchev–Trinajstić information content (AvgIpc) is 2.40. The van der Waals surface area contributed by atoms with Gasteiger partial charge in [0.25, 0.3) is 0 Å². The van der Waals surface area contributed by atoms with Gasteiger partial charge in [0.15, 0.2) is 0 Å². The quantitative estimate of drug-likeness (QED) is 0.825. The Morgan fingerprint density at radius 1 is 1.21 bits per heavy atom. The van der Waals surface area contributed by atoms with Gasteiger partial charge < -0.3 is 10.1 Å². The first kappa shape index (κ1) is 13.7. The first-order chi connectivity index (χ1) is 9.16. The molecule has 19 heavy (non-hydrogen) atoms. The van der Waals surface area contributed by atoms with Crippen LogP contribution in [0.15, 0.2) is 42.5 Å². The van der Waals surface area contributed by atoms with Gasteiger partial charge >= 0.3 is 0 Å². The van der Waals surface area contributed by atoms with Crippen molar-refractivity contribution in [2.75, 3.05) is 18.5 Å². The molecule has 0 atom stereocenters. The molecule has 0 amide bonds. The van der Waals surface area contributed by atoms with Crippen LogP contribution in [0.25, 0.3) is 0 Å². The molecule has 4 heteroatoms. The topological polar surface area (TPSA) is 21.3 Å². The highest BCUT2D eigenvalue weighted by Gasteiger charge is 2.01. The second kappa shape index (κ2) is 6.43. The van der Waals surface area contributed by atoms with Crippen LogP contribution < -0.4 is 10.1 Å². The highest BCUT2D eigenvalue weighted by Crippen LogP contribution is 2.21. The Hall–Kier alpha value is -1.74. The van der Waals surface area contributed by atoms with Crippen molar-refractivity contribution < 1.29 is 9.13 Å². The molecule has 2 nitrogen and oxygen atoms in total. The molecule has 0 spiro atoms. The third-order valence-electron chi connectivity index (χ3n) is 2.72. The number of hydrogen-bond acceptors (Lipinski definition) is 2. The largest absolute Gasteiger partial charge is 0.492 e. The molecular weight excluding hydrogens is 265 g/mol. The van der Waals surface area contributed by atoms with Gasteiger partial charge in [-0.2, -0.15) is 0 Å².